The van der Waals surface area contributed by atoms with Gasteiger partial charge < -0.3 is 4.90 Å². The van der Waals surface area contributed by atoms with Crippen LogP contribution in [0.1, 0.15) is 24.8 Å². The summed E-state index contributed by atoms with van der Waals surface area (Å²) in [6.07, 6.45) is 2.70. The SMILES string of the molecule is CN(C(=O)CCc1cncnc1)C1CCN(CC(F)(F)F)CC1. The summed E-state index contributed by atoms with van der Waals surface area (Å²) in [6.45, 7) is -0.131. The molecule has 128 valence electrons. The molecule has 0 saturated carbocycles. The number of aryl methyl sites for hydroxylation is 1. The summed E-state index contributed by atoms with van der Waals surface area (Å²) >= 11 is 0. The molecule has 1 aromatic heterocycles. The number of amides is 1. The highest BCUT2D eigenvalue weighted by Crippen LogP contribution is 2.22. The van der Waals surface area contributed by atoms with E-state index in [1.165, 1.54) is 11.2 Å². The zero-order chi connectivity index (χ0) is 16.9. The highest BCUT2D eigenvalue weighted by atomic mass is 19.4. The number of rotatable bonds is 5. The van der Waals surface area contributed by atoms with Crippen molar-refractivity contribution in [1.29, 1.82) is 0 Å². The minimum absolute atomic E-state index is 0.00289. The molecule has 23 heavy (non-hydrogen) atoms. The standard InChI is InChI=1S/C15H21F3N4O/c1-21(14(23)3-2-12-8-19-11-20-9-12)13-4-6-22(7-5-13)10-15(16,17)18/h8-9,11,13H,2-7,10H2,1H3. The smallest absolute Gasteiger partial charge is 0.343 e. The zero-order valence-corrected chi connectivity index (χ0v) is 13.1. The fraction of sp³-hybridized carbons (Fsp3) is 0.667. The predicted molar refractivity (Wildman–Crippen MR) is 78.6 cm³/mol. The number of carbonyl (C=O) groups excluding carboxylic acids is 1. The van der Waals surface area contributed by atoms with E-state index in [9.17, 15) is 18.0 Å². The van der Waals surface area contributed by atoms with Crippen LogP contribution in [0.15, 0.2) is 18.7 Å². The van der Waals surface area contributed by atoms with Gasteiger partial charge in [0.25, 0.3) is 0 Å². The number of alkyl halides is 3. The van der Waals surface area contributed by atoms with Crippen LogP contribution < -0.4 is 0 Å². The molecule has 2 heterocycles. The predicted octanol–water partition coefficient (Wildman–Crippen LogP) is 1.89. The van der Waals surface area contributed by atoms with Gasteiger partial charge in [-0.25, -0.2) is 9.97 Å². The number of hydrogen-bond donors (Lipinski definition) is 0. The maximum Gasteiger partial charge on any atom is 0.401 e. The molecule has 2 rings (SSSR count). The second-order valence-corrected chi connectivity index (χ2v) is 5.87. The first-order chi connectivity index (χ1) is 10.8. The van der Waals surface area contributed by atoms with Crippen molar-refractivity contribution in [2.75, 3.05) is 26.7 Å². The summed E-state index contributed by atoms with van der Waals surface area (Å²) in [5.41, 5.74) is 0.897. The minimum atomic E-state index is -4.16. The molecule has 0 aromatic carbocycles. The van der Waals surface area contributed by atoms with E-state index in [1.54, 1.807) is 24.3 Å². The van der Waals surface area contributed by atoms with Crippen molar-refractivity contribution in [1.82, 2.24) is 19.8 Å². The molecule has 1 aromatic rings. The van der Waals surface area contributed by atoms with Crippen LogP contribution >= 0.6 is 0 Å². The quantitative estimate of drug-likeness (QED) is 0.827. The van der Waals surface area contributed by atoms with Crippen LogP contribution in [0.4, 0.5) is 13.2 Å². The second-order valence-electron chi connectivity index (χ2n) is 5.87. The van der Waals surface area contributed by atoms with Crippen molar-refractivity contribution in [3.8, 4) is 0 Å². The van der Waals surface area contributed by atoms with E-state index in [4.69, 9.17) is 0 Å². The van der Waals surface area contributed by atoms with Gasteiger partial charge in [0.2, 0.25) is 5.91 Å². The number of halogens is 3. The van der Waals surface area contributed by atoms with Crippen LogP contribution in [0.5, 0.6) is 0 Å². The topological polar surface area (TPSA) is 49.3 Å². The fourth-order valence-corrected chi connectivity index (χ4v) is 2.81. The molecule has 0 unspecified atom stereocenters. The molecule has 0 N–H and O–H groups in total. The zero-order valence-electron chi connectivity index (χ0n) is 13.1. The molecule has 0 atom stereocenters. The van der Waals surface area contributed by atoms with Gasteiger partial charge in [-0.3, -0.25) is 9.69 Å². The fourth-order valence-electron chi connectivity index (χ4n) is 2.81. The van der Waals surface area contributed by atoms with Gasteiger partial charge in [-0.1, -0.05) is 0 Å². The minimum Gasteiger partial charge on any atom is -0.343 e. The van der Waals surface area contributed by atoms with Gasteiger partial charge in [0, 0.05) is 45.0 Å². The molecule has 1 saturated heterocycles. The van der Waals surface area contributed by atoms with E-state index in [0.29, 0.717) is 38.8 Å². The Hall–Kier alpha value is -1.70. The Morgan fingerprint density at radius 2 is 1.91 bits per heavy atom. The Morgan fingerprint density at radius 3 is 2.48 bits per heavy atom. The first kappa shape index (κ1) is 17.7. The molecule has 5 nitrogen and oxygen atoms in total. The third kappa shape index (κ3) is 5.78. The van der Waals surface area contributed by atoms with Crippen molar-refractivity contribution in [2.45, 2.75) is 37.9 Å². The van der Waals surface area contributed by atoms with Gasteiger partial charge in [-0.15, -0.1) is 0 Å². The molecule has 0 spiro atoms. The van der Waals surface area contributed by atoms with E-state index in [2.05, 4.69) is 9.97 Å². The monoisotopic (exact) mass is 330 g/mol. The number of aromatic nitrogens is 2. The van der Waals surface area contributed by atoms with Crippen molar-refractivity contribution < 1.29 is 18.0 Å². The molecule has 0 radical (unpaired) electrons. The van der Waals surface area contributed by atoms with Crippen molar-refractivity contribution in [3.63, 3.8) is 0 Å². The molecule has 8 heteroatoms. The van der Waals surface area contributed by atoms with Crippen LogP contribution in [0, 0.1) is 0 Å². The van der Waals surface area contributed by atoms with Crippen LogP contribution in [-0.4, -0.2) is 64.6 Å². The van der Waals surface area contributed by atoms with Crippen molar-refractivity contribution >= 4 is 5.91 Å². The molecule has 0 aliphatic carbocycles. The first-order valence-corrected chi connectivity index (χ1v) is 7.64. The average molecular weight is 330 g/mol. The Balaban J connectivity index is 1.75. The molecule has 1 aliphatic heterocycles. The Morgan fingerprint density at radius 1 is 1.30 bits per heavy atom. The summed E-state index contributed by atoms with van der Waals surface area (Å²) < 4.78 is 37.1. The molecule has 1 aliphatic rings. The van der Waals surface area contributed by atoms with E-state index in [-0.39, 0.29) is 11.9 Å². The van der Waals surface area contributed by atoms with Gasteiger partial charge in [-0.2, -0.15) is 13.2 Å². The van der Waals surface area contributed by atoms with Crippen LogP contribution in [0.3, 0.4) is 0 Å². The van der Waals surface area contributed by atoms with Crippen molar-refractivity contribution in [3.05, 3.63) is 24.3 Å². The maximum atomic E-state index is 12.4. The molecular weight excluding hydrogens is 309 g/mol. The number of nitrogens with zero attached hydrogens (tertiary/aromatic N) is 4. The largest absolute Gasteiger partial charge is 0.401 e. The van der Waals surface area contributed by atoms with Crippen LogP contribution in [0.2, 0.25) is 0 Å². The normalized spacial score (nSPS) is 17.2. The highest BCUT2D eigenvalue weighted by Gasteiger charge is 2.33. The van der Waals surface area contributed by atoms with E-state index in [1.807, 2.05) is 0 Å². The summed E-state index contributed by atoms with van der Waals surface area (Å²) in [5, 5.41) is 0. The average Bonchev–Trinajstić information content (AvgIpc) is 2.52. The summed E-state index contributed by atoms with van der Waals surface area (Å²) in [7, 11) is 1.73. The number of piperidine rings is 1. The Bertz CT molecular complexity index is 501. The molecule has 1 amide bonds. The lowest BCUT2D eigenvalue weighted by atomic mass is 10.0. The third-order valence-corrected chi connectivity index (χ3v) is 4.14. The second kappa shape index (κ2) is 7.72. The van der Waals surface area contributed by atoms with Gasteiger partial charge in [0.1, 0.15) is 6.33 Å². The summed E-state index contributed by atoms with van der Waals surface area (Å²) in [6, 6.07) is 0.0130. The van der Waals surface area contributed by atoms with E-state index >= 15 is 0 Å². The molecular formula is C15H21F3N4O. The van der Waals surface area contributed by atoms with Gasteiger partial charge in [0.15, 0.2) is 0 Å². The Labute approximate surface area is 133 Å². The summed E-state index contributed by atoms with van der Waals surface area (Å²) in [5.74, 6) is 0.00289. The highest BCUT2D eigenvalue weighted by molar-refractivity contribution is 5.76. The maximum absolute atomic E-state index is 12.4. The summed E-state index contributed by atoms with van der Waals surface area (Å²) in [4.78, 5) is 23.1. The number of carbonyl (C=O) groups is 1. The third-order valence-electron chi connectivity index (χ3n) is 4.14. The number of hydrogen-bond acceptors (Lipinski definition) is 4. The lowest BCUT2D eigenvalue weighted by molar-refractivity contribution is -0.150. The molecule has 1 fully saturated rings. The van der Waals surface area contributed by atoms with Gasteiger partial charge in [-0.05, 0) is 24.8 Å². The van der Waals surface area contributed by atoms with Gasteiger partial charge >= 0.3 is 6.18 Å². The number of likely N-dealkylation sites (tertiary alicyclic amines) is 1. The Kier molecular flexibility index (Phi) is 5.92. The lowest BCUT2D eigenvalue weighted by Crippen LogP contribution is -2.47. The lowest BCUT2D eigenvalue weighted by Gasteiger charge is -2.37. The molecule has 0 bridgehead atoms. The van der Waals surface area contributed by atoms with Crippen LogP contribution in [-0.2, 0) is 11.2 Å². The van der Waals surface area contributed by atoms with E-state index < -0.39 is 12.7 Å². The van der Waals surface area contributed by atoms with E-state index in [0.717, 1.165) is 5.56 Å². The first-order valence-electron chi connectivity index (χ1n) is 7.64. The van der Waals surface area contributed by atoms with Crippen LogP contribution in [0.25, 0.3) is 0 Å². The van der Waals surface area contributed by atoms with Gasteiger partial charge in [0.05, 0.1) is 6.54 Å². The van der Waals surface area contributed by atoms with Crippen molar-refractivity contribution in [2.24, 2.45) is 0 Å².